The first-order valence-electron chi connectivity index (χ1n) is 4.87. The Kier molecular flexibility index (Phi) is 1.78. The van der Waals surface area contributed by atoms with E-state index in [4.69, 9.17) is 0 Å². The van der Waals surface area contributed by atoms with Crippen LogP contribution < -0.4 is 0 Å². The molecule has 0 atom stereocenters. The van der Waals surface area contributed by atoms with Gasteiger partial charge in [-0.15, -0.1) is 0 Å². The Morgan fingerprint density at radius 2 is 1.87 bits per heavy atom. The molecule has 3 rings (SSSR count). The zero-order chi connectivity index (χ0) is 10.1. The first-order chi connectivity index (χ1) is 7.43. The van der Waals surface area contributed by atoms with E-state index in [-0.39, 0.29) is 0 Å². The average Bonchev–Trinajstić information content (AvgIpc) is 2.82. The highest BCUT2D eigenvalue weighted by Gasteiger charge is 2.03. The molecule has 0 saturated carbocycles. The molecule has 0 saturated heterocycles. The van der Waals surface area contributed by atoms with Gasteiger partial charge < -0.3 is 10.3 Å². The quantitative estimate of drug-likeness (QED) is 0.619. The van der Waals surface area contributed by atoms with Gasteiger partial charge in [0.2, 0.25) is 0 Å². The van der Waals surface area contributed by atoms with Gasteiger partial charge in [-0.05, 0) is 16.8 Å². The number of hydrogen-bond donors (Lipinski definition) is 0. The second-order valence-corrected chi connectivity index (χ2v) is 3.42. The molecule has 0 radical (unpaired) electrons. The maximum absolute atomic E-state index is 4.51. The van der Waals surface area contributed by atoms with Gasteiger partial charge in [0.25, 0.3) is 0 Å². The minimum Gasteiger partial charge on any atom is -0.442 e. The molecule has 0 fully saturated rings. The molecule has 2 heterocycles. The Balaban J connectivity index is 2.06. The van der Waals surface area contributed by atoms with Crippen LogP contribution in [-0.4, -0.2) is 4.98 Å². The number of hydrogen-bond acceptors (Lipinski definition) is 1. The molecule has 1 aliphatic heterocycles. The van der Waals surface area contributed by atoms with E-state index in [9.17, 15) is 0 Å². The summed E-state index contributed by atoms with van der Waals surface area (Å²) in [6, 6.07) is 3.94. The highest BCUT2D eigenvalue weighted by molar-refractivity contribution is 5.76. The lowest BCUT2D eigenvalue weighted by molar-refractivity contribution is 1.30. The Hall–Kier alpha value is -2.09. The Morgan fingerprint density at radius 3 is 2.73 bits per heavy atom. The lowest BCUT2D eigenvalue weighted by Crippen LogP contribution is -1.90. The van der Waals surface area contributed by atoms with Crippen molar-refractivity contribution >= 4 is 11.9 Å². The molecule has 1 aromatic heterocycles. The smallest absolute Gasteiger partial charge is 0.0224 e. The standard InChI is InChI=1S/C13H9N2/c1-2-5-10(4-1)12-8-7-11-6-3-9-14-13(11)15-12/h1-9H/q-1. The van der Waals surface area contributed by atoms with Crippen molar-refractivity contribution in [1.82, 2.24) is 4.98 Å². The molecule has 0 amide bonds. The minimum absolute atomic E-state index is 0.802. The van der Waals surface area contributed by atoms with Crippen LogP contribution in [0, 0.1) is 0 Å². The molecule has 72 valence electrons. The molecule has 0 N–H and O–H groups in total. The third kappa shape index (κ3) is 1.40. The summed E-state index contributed by atoms with van der Waals surface area (Å²) >= 11 is 0. The third-order valence-corrected chi connectivity index (χ3v) is 2.42. The lowest BCUT2D eigenvalue weighted by atomic mass is 10.1. The number of fused-ring (bicyclic) bond motifs is 1. The second-order valence-electron chi connectivity index (χ2n) is 3.42. The number of nitrogens with zero attached hydrogens (tertiary/aromatic N) is 2. The number of rotatable bonds is 0. The van der Waals surface area contributed by atoms with Crippen LogP contribution in [0.5, 0.6) is 0 Å². The fourth-order valence-electron chi connectivity index (χ4n) is 1.66. The van der Waals surface area contributed by atoms with Crippen molar-refractivity contribution in [1.29, 1.82) is 0 Å². The van der Waals surface area contributed by atoms with E-state index in [1.165, 1.54) is 0 Å². The predicted molar refractivity (Wildman–Crippen MR) is 61.6 cm³/mol. The summed E-state index contributed by atoms with van der Waals surface area (Å²) in [6.45, 7) is 0. The van der Waals surface area contributed by atoms with Crippen molar-refractivity contribution in [2.24, 2.45) is 0 Å². The average molecular weight is 193 g/mol. The van der Waals surface area contributed by atoms with Crippen molar-refractivity contribution in [2.45, 2.75) is 0 Å². The first kappa shape index (κ1) is 8.24. The zero-order valence-corrected chi connectivity index (χ0v) is 8.09. The van der Waals surface area contributed by atoms with Crippen LogP contribution in [0.2, 0.25) is 0 Å². The topological polar surface area (TPSA) is 27.0 Å². The molecule has 2 aliphatic rings. The zero-order valence-electron chi connectivity index (χ0n) is 8.09. The van der Waals surface area contributed by atoms with Gasteiger partial charge in [0.05, 0.1) is 0 Å². The van der Waals surface area contributed by atoms with Gasteiger partial charge in [-0.2, -0.15) is 0 Å². The molecular formula is C13H9N2-. The molecular weight excluding hydrogens is 184 g/mol. The van der Waals surface area contributed by atoms with Crippen LogP contribution in [0.1, 0.15) is 5.56 Å². The Morgan fingerprint density at radius 1 is 1.00 bits per heavy atom. The maximum atomic E-state index is 4.51. The molecule has 2 heteroatoms. The molecule has 0 bridgehead atoms. The van der Waals surface area contributed by atoms with Crippen LogP contribution >= 0.6 is 0 Å². The summed E-state index contributed by atoms with van der Waals surface area (Å²) in [5, 5.41) is 4.51. The third-order valence-electron chi connectivity index (χ3n) is 2.42. The molecule has 0 aromatic carbocycles. The van der Waals surface area contributed by atoms with E-state index in [1.54, 1.807) is 6.20 Å². The van der Waals surface area contributed by atoms with Gasteiger partial charge in [0.15, 0.2) is 0 Å². The predicted octanol–water partition coefficient (Wildman–Crippen LogP) is 3.49. The van der Waals surface area contributed by atoms with Crippen molar-refractivity contribution in [3.8, 4) is 0 Å². The normalized spacial score (nSPS) is 16.8. The van der Waals surface area contributed by atoms with E-state index >= 15 is 0 Å². The fraction of sp³-hybridized carbons (Fsp3) is 0. The summed E-state index contributed by atoms with van der Waals surface area (Å²) < 4.78 is 0. The highest BCUT2D eigenvalue weighted by atomic mass is 15.0. The van der Waals surface area contributed by atoms with Crippen molar-refractivity contribution in [3.63, 3.8) is 0 Å². The largest absolute Gasteiger partial charge is 0.442 e. The summed E-state index contributed by atoms with van der Waals surface area (Å²) in [7, 11) is 0. The number of pyridine rings is 1. The van der Waals surface area contributed by atoms with E-state index in [0.717, 1.165) is 22.7 Å². The van der Waals surface area contributed by atoms with Crippen LogP contribution in [0.4, 0.5) is 5.82 Å². The summed E-state index contributed by atoms with van der Waals surface area (Å²) in [5.41, 5.74) is 3.20. The highest BCUT2D eigenvalue weighted by Crippen LogP contribution is 2.34. The number of aromatic nitrogens is 1. The molecule has 1 aliphatic carbocycles. The maximum Gasteiger partial charge on any atom is -0.0224 e. The molecule has 15 heavy (non-hydrogen) atoms. The molecule has 2 nitrogen and oxygen atoms in total. The van der Waals surface area contributed by atoms with Crippen molar-refractivity contribution in [2.75, 3.05) is 0 Å². The first-order valence-corrected chi connectivity index (χ1v) is 4.87. The van der Waals surface area contributed by atoms with Crippen molar-refractivity contribution in [3.05, 3.63) is 70.9 Å². The molecule has 0 unspecified atom stereocenters. The van der Waals surface area contributed by atoms with Gasteiger partial charge in [-0.25, -0.2) is 0 Å². The summed E-state index contributed by atoms with van der Waals surface area (Å²) in [6.07, 6.45) is 14.0. The monoisotopic (exact) mass is 193 g/mol. The van der Waals surface area contributed by atoms with Crippen LogP contribution in [0.15, 0.2) is 60.0 Å². The van der Waals surface area contributed by atoms with E-state index < -0.39 is 0 Å². The number of allylic oxidation sites excluding steroid dienone is 6. The van der Waals surface area contributed by atoms with Gasteiger partial charge >= 0.3 is 0 Å². The SMILES string of the molecule is C1=CC(=C2C=Cc3cccnc3[N-]2)C=C1. The van der Waals surface area contributed by atoms with Gasteiger partial charge in [0, 0.05) is 0 Å². The van der Waals surface area contributed by atoms with E-state index in [0.29, 0.717) is 0 Å². The van der Waals surface area contributed by atoms with E-state index in [2.05, 4.69) is 28.5 Å². The van der Waals surface area contributed by atoms with Gasteiger partial charge in [-0.1, -0.05) is 60.6 Å². The molecule has 1 aromatic rings. The Labute approximate surface area is 88.4 Å². The second kappa shape index (κ2) is 3.24. The fourth-order valence-corrected chi connectivity index (χ4v) is 1.66. The lowest BCUT2D eigenvalue weighted by Gasteiger charge is -2.24. The van der Waals surface area contributed by atoms with Crippen LogP contribution in [0.25, 0.3) is 11.4 Å². The van der Waals surface area contributed by atoms with Crippen molar-refractivity contribution < 1.29 is 0 Å². The van der Waals surface area contributed by atoms with Crippen LogP contribution in [-0.2, 0) is 0 Å². The van der Waals surface area contributed by atoms with Gasteiger partial charge in [0.1, 0.15) is 0 Å². The Bertz CT molecular complexity index is 505. The van der Waals surface area contributed by atoms with E-state index in [1.807, 2.05) is 30.4 Å². The van der Waals surface area contributed by atoms with Crippen LogP contribution in [0.3, 0.4) is 0 Å². The van der Waals surface area contributed by atoms with Gasteiger partial charge in [-0.3, -0.25) is 0 Å². The summed E-state index contributed by atoms with van der Waals surface area (Å²) in [5.74, 6) is 0.802. The molecule has 0 spiro atoms. The minimum atomic E-state index is 0.802. The summed E-state index contributed by atoms with van der Waals surface area (Å²) in [4.78, 5) is 4.24.